The zero-order valence-electron chi connectivity index (χ0n) is 12.0. The first-order chi connectivity index (χ1) is 10.2. The summed E-state index contributed by atoms with van der Waals surface area (Å²) in [6.45, 7) is -0.108. The van der Waals surface area contributed by atoms with Crippen molar-refractivity contribution in [2.75, 3.05) is 26.1 Å². The van der Waals surface area contributed by atoms with E-state index in [1.807, 2.05) is 24.3 Å². The zero-order valence-corrected chi connectivity index (χ0v) is 12.0. The summed E-state index contributed by atoms with van der Waals surface area (Å²) in [5.74, 6) is 1.17. The highest BCUT2D eigenvalue weighted by molar-refractivity contribution is 5.51. The largest absolute Gasteiger partial charge is 0.504 e. The van der Waals surface area contributed by atoms with Gasteiger partial charge >= 0.3 is 0 Å². The number of aliphatic hydroxyl groups excluding tert-OH is 1. The Hall–Kier alpha value is -2.40. The van der Waals surface area contributed by atoms with Crippen LogP contribution in [-0.2, 0) is 0 Å². The molecular formula is C16H19NO4. The van der Waals surface area contributed by atoms with E-state index in [0.717, 1.165) is 17.0 Å². The van der Waals surface area contributed by atoms with Crippen LogP contribution in [-0.4, -0.2) is 31.0 Å². The summed E-state index contributed by atoms with van der Waals surface area (Å²) < 4.78 is 10.2. The van der Waals surface area contributed by atoms with Gasteiger partial charge in [-0.3, -0.25) is 0 Å². The van der Waals surface area contributed by atoms with Gasteiger partial charge in [0.2, 0.25) is 0 Å². The molecule has 5 nitrogen and oxygen atoms in total. The molecule has 1 unspecified atom stereocenters. The van der Waals surface area contributed by atoms with Gasteiger partial charge in [-0.2, -0.15) is 0 Å². The third-order valence-corrected chi connectivity index (χ3v) is 3.20. The molecule has 0 radical (unpaired) electrons. The molecule has 0 aromatic heterocycles. The van der Waals surface area contributed by atoms with Gasteiger partial charge in [0.25, 0.3) is 0 Å². The van der Waals surface area contributed by atoms with Crippen LogP contribution in [0.25, 0.3) is 0 Å². The predicted octanol–water partition coefficient (Wildman–Crippen LogP) is 2.55. The highest BCUT2D eigenvalue weighted by Crippen LogP contribution is 2.30. The van der Waals surface area contributed by atoms with Gasteiger partial charge in [0.15, 0.2) is 11.5 Å². The minimum Gasteiger partial charge on any atom is -0.504 e. The number of methoxy groups -OCH3 is 2. The van der Waals surface area contributed by atoms with Crippen LogP contribution in [0.1, 0.15) is 11.6 Å². The van der Waals surface area contributed by atoms with Crippen molar-refractivity contribution in [1.82, 2.24) is 0 Å². The fraction of sp³-hybridized carbons (Fsp3) is 0.250. The summed E-state index contributed by atoms with van der Waals surface area (Å²) in [6.07, 6.45) is 0. The van der Waals surface area contributed by atoms with E-state index in [1.165, 1.54) is 7.11 Å². The van der Waals surface area contributed by atoms with Crippen molar-refractivity contribution in [3.8, 4) is 17.2 Å². The number of aromatic hydroxyl groups is 1. The quantitative estimate of drug-likeness (QED) is 0.762. The number of nitrogens with one attached hydrogen (secondary N) is 1. The average Bonchev–Trinajstić information content (AvgIpc) is 2.52. The fourth-order valence-electron chi connectivity index (χ4n) is 2.07. The van der Waals surface area contributed by atoms with Crippen LogP contribution in [0.2, 0.25) is 0 Å². The molecule has 0 saturated carbocycles. The van der Waals surface area contributed by atoms with Gasteiger partial charge in [0, 0.05) is 11.8 Å². The van der Waals surface area contributed by atoms with Gasteiger partial charge < -0.3 is 25.0 Å². The van der Waals surface area contributed by atoms with E-state index in [0.29, 0.717) is 5.75 Å². The lowest BCUT2D eigenvalue weighted by atomic mass is 10.1. The van der Waals surface area contributed by atoms with Crippen LogP contribution in [0.4, 0.5) is 5.69 Å². The second-order valence-electron chi connectivity index (χ2n) is 4.54. The summed E-state index contributed by atoms with van der Waals surface area (Å²) in [4.78, 5) is 0. The number of phenolic OH excluding ortho intramolecular Hbond substituents is 1. The highest BCUT2D eigenvalue weighted by Gasteiger charge is 2.13. The molecule has 3 N–H and O–H groups in total. The monoisotopic (exact) mass is 289 g/mol. The maximum atomic E-state index is 9.83. The van der Waals surface area contributed by atoms with Crippen LogP contribution in [0.5, 0.6) is 17.2 Å². The minimum absolute atomic E-state index is 0.0425. The van der Waals surface area contributed by atoms with E-state index < -0.39 is 0 Å². The first-order valence-electron chi connectivity index (χ1n) is 6.56. The molecule has 0 aliphatic carbocycles. The van der Waals surface area contributed by atoms with Crippen molar-refractivity contribution in [3.63, 3.8) is 0 Å². The van der Waals surface area contributed by atoms with Crippen molar-refractivity contribution in [2.45, 2.75) is 6.04 Å². The third kappa shape index (κ3) is 3.58. The lowest BCUT2D eigenvalue weighted by Gasteiger charge is -2.19. The first kappa shape index (κ1) is 15.0. The lowest BCUT2D eigenvalue weighted by Crippen LogP contribution is -2.14. The fourth-order valence-corrected chi connectivity index (χ4v) is 2.07. The number of ether oxygens (including phenoxy) is 2. The second-order valence-corrected chi connectivity index (χ2v) is 4.54. The smallest absolute Gasteiger partial charge is 0.160 e. The molecule has 0 aliphatic heterocycles. The molecule has 0 saturated heterocycles. The molecule has 21 heavy (non-hydrogen) atoms. The predicted molar refractivity (Wildman–Crippen MR) is 81.1 cm³/mol. The molecule has 1 atom stereocenters. The first-order valence-corrected chi connectivity index (χ1v) is 6.56. The molecule has 0 bridgehead atoms. The summed E-state index contributed by atoms with van der Waals surface area (Å²) in [5.41, 5.74) is 1.59. The van der Waals surface area contributed by atoms with Crippen LogP contribution in [0.3, 0.4) is 0 Å². The number of benzene rings is 2. The van der Waals surface area contributed by atoms with E-state index in [-0.39, 0.29) is 18.4 Å². The number of anilines is 1. The number of rotatable bonds is 6. The van der Waals surface area contributed by atoms with E-state index in [1.54, 1.807) is 25.3 Å². The Morgan fingerprint density at radius 2 is 1.90 bits per heavy atom. The number of phenols is 1. The van der Waals surface area contributed by atoms with E-state index >= 15 is 0 Å². The molecule has 0 fully saturated rings. The van der Waals surface area contributed by atoms with E-state index in [4.69, 9.17) is 9.47 Å². The SMILES string of the molecule is COc1cccc(NC(CO)c2ccc(OC)c(O)c2)c1. The summed E-state index contributed by atoms with van der Waals surface area (Å²) in [6, 6.07) is 12.1. The van der Waals surface area contributed by atoms with E-state index in [2.05, 4.69) is 5.32 Å². The third-order valence-electron chi connectivity index (χ3n) is 3.20. The van der Waals surface area contributed by atoms with Crippen LogP contribution >= 0.6 is 0 Å². The average molecular weight is 289 g/mol. The topological polar surface area (TPSA) is 71.0 Å². The summed E-state index contributed by atoms with van der Waals surface area (Å²) >= 11 is 0. The molecule has 112 valence electrons. The summed E-state index contributed by atoms with van der Waals surface area (Å²) in [7, 11) is 3.09. The Kier molecular flexibility index (Phi) is 4.90. The molecule has 5 heteroatoms. The Morgan fingerprint density at radius 1 is 1.10 bits per heavy atom. The normalized spacial score (nSPS) is 11.8. The van der Waals surface area contributed by atoms with E-state index in [9.17, 15) is 10.2 Å². The molecule has 2 aromatic carbocycles. The molecule has 2 aromatic rings. The Balaban J connectivity index is 2.21. The van der Waals surface area contributed by atoms with Crippen LogP contribution in [0, 0.1) is 0 Å². The number of hydrogen-bond donors (Lipinski definition) is 3. The lowest BCUT2D eigenvalue weighted by molar-refractivity contribution is 0.276. The molecule has 0 spiro atoms. The van der Waals surface area contributed by atoms with Crippen molar-refractivity contribution >= 4 is 5.69 Å². The second kappa shape index (κ2) is 6.85. The van der Waals surface area contributed by atoms with Gasteiger partial charge in [0.05, 0.1) is 26.9 Å². The zero-order chi connectivity index (χ0) is 15.2. The van der Waals surface area contributed by atoms with Gasteiger partial charge in [0.1, 0.15) is 5.75 Å². The number of aliphatic hydroxyl groups is 1. The molecule has 2 rings (SSSR count). The van der Waals surface area contributed by atoms with Crippen molar-refractivity contribution in [3.05, 3.63) is 48.0 Å². The molecular weight excluding hydrogens is 270 g/mol. The molecule has 0 heterocycles. The van der Waals surface area contributed by atoms with Crippen molar-refractivity contribution in [1.29, 1.82) is 0 Å². The van der Waals surface area contributed by atoms with Gasteiger partial charge in [-0.15, -0.1) is 0 Å². The van der Waals surface area contributed by atoms with Crippen LogP contribution in [0.15, 0.2) is 42.5 Å². The summed E-state index contributed by atoms with van der Waals surface area (Å²) in [5, 5.41) is 22.6. The maximum Gasteiger partial charge on any atom is 0.160 e. The standard InChI is InChI=1S/C16H19NO4/c1-20-13-5-3-4-12(9-13)17-14(10-18)11-6-7-16(21-2)15(19)8-11/h3-9,14,17-19H,10H2,1-2H3. The number of hydrogen-bond acceptors (Lipinski definition) is 5. The molecule has 0 aliphatic rings. The van der Waals surface area contributed by atoms with Gasteiger partial charge in [-0.05, 0) is 29.8 Å². The van der Waals surface area contributed by atoms with Gasteiger partial charge in [-0.1, -0.05) is 12.1 Å². The molecule has 0 amide bonds. The Bertz CT molecular complexity index is 601. The van der Waals surface area contributed by atoms with Gasteiger partial charge in [-0.25, -0.2) is 0 Å². The maximum absolute atomic E-state index is 9.83. The van der Waals surface area contributed by atoms with Crippen molar-refractivity contribution < 1.29 is 19.7 Å². The highest BCUT2D eigenvalue weighted by atomic mass is 16.5. The van der Waals surface area contributed by atoms with Crippen molar-refractivity contribution in [2.24, 2.45) is 0 Å². The Labute approximate surface area is 123 Å². The van der Waals surface area contributed by atoms with Crippen LogP contribution < -0.4 is 14.8 Å². The Morgan fingerprint density at radius 3 is 2.52 bits per heavy atom. The minimum atomic E-state index is -0.339.